The molecule has 0 aliphatic rings. The van der Waals surface area contributed by atoms with E-state index in [2.05, 4.69) is 4.74 Å². The minimum absolute atomic E-state index is 0. The summed E-state index contributed by atoms with van der Waals surface area (Å²) in [4.78, 5) is 11.1. The van der Waals surface area contributed by atoms with Crippen molar-refractivity contribution in [2.24, 2.45) is 0 Å². The van der Waals surface area contributed by atoms with Crippen molar-refractivity contribution < 1.29 is 9.53 Å². The molecular weight excluding hydrogens is 304 g/mol. The molecule has 0 bridgehead atoms. The standard InChI is InChI=1S/C8H8INO2.ClH/c1-12-8(11)7-5(9)3-2-4-6(7)10;/h2-4H,10H2,1H3;1H. The van der Waals surface area contributed by atoms with Crippen LogP contribution in [0, 0.1) is 3.57 Å². The number of benzene rings is 1. The highest BCUT2D eigenvalue weighted by Crippen LogP contribution is 2.19. The molecule has 0 aliphatic heterocycles. The Kier molecular flexibility index (Phi) is 5.09. The van der Waals surface area contributed by atoms with Gasteiger partial charge in [0.1, 0.15) is 0 Å². The highest BCUT2D eigenvalue weighted by Gasteiger charge is 2.12. The molecule has 13 heavy (non-hydrogen) atoms. The molecule has 0 aliphatic carbocycles. The number of esters is 1. The van der Waals surface area contributed by atoms with Crippen LogP contribution in [0.15, 0.2) is 18.2 Å². The second kappa shape index (κ2) is 5.29. The van der Waals surface area contributed by atoms with Crippen LogP contribution in [0.5, 0.6) is 0 Å². The molecule has 72 valence electrons. The van der Waals surface area contributed by atoms with E-state index < -0.39 is 5.97 Å². The largest absolute Gasteiger partial charge is 0.465 e. The number of rotatable bonds is 1. The molecule has 1 aromatic rings. The van der Waals surface area contributed by atoms with Crippen molar-refractivity contribution in [1.82, 2.24) is 0 Å². The monoisotopic (exact) mass is 313 g/mol. The minimum atomic E-state index is -0.391. The summed E-state index contributed by atoms with van der Waals surface area (Å²) >= 11 is 2.04. The van der Waals surface area contributed by atoms with Crippen molar-refractivity contribution in [2.75, 3.05) is 12.8 Å². The third-order valence-electron chi connectivity index (χ3n) is 1.44. The smallest absolute Gasteiger partial charge is 0.341 e. The number of hydrogen-bond donors (Lipinski definition) is 1. The third kappa shape index (κ3) is 2.73. The molecule has 3 nitrogen and oxygen atoms in total. The maximum absolute atomic E-state index is 11.1. The van der Waals surface area contributed by atoms with Gasteiger partial charge in [-0.15, -0.1) is 12.4 Å². The van der Waals surface area contributed by atoms with Gasteiger partial charge in [-0.25, -0.2) is 4.79 Å². The van der Waals surface area contributed by atoms with Crippen LogP contribution in [-0.2, 0) is 4.74 Å². The number of ether oxygens (including phenoxy) is 1. The van der Waals surface area contributed by atoms with Crippen molar-refractivity contribution in [3.8, 4) is 0 Å². The Morgan fingerprint density at radius 1 is 1.54 bits per heavy atom. The maximum Gasteiger partial charge on any atom is 0.341 e. The highest BCUT2D eigenvalue weighted by molar-refractivity contribution is 14.1. The predicted molar refractivity (Wildman–Crippen MR) is 62.2 cm³/mol. The molecule has 0 aromatic heterocycles. The lowest BCUT2D eigenvalue weighted by Gasteiger charge is -2.04. The van der Waals surface area contributed by atoms with Gasteiger partial charge < -0.3 is 10.5 Å². The van der Waals surface area contributed by atoms with Gasteiger partial charge in [0.15, 0.2) is 0 Å². The second-order valence-corrected chi connectivity index (χ2v) is 3.36. The zero-order chi connectivity index (χ0) is 9.14. The molecule has 0 atom stereocenters. The number of nitrogen functional groups attached to an aromatic ring is 1. The Hall–Kier alpha value is -0.490. The van der Waals surface area contributed by atoms with E-state index >= 15 is 0 Å². The zero-order valence-corrected chi connectivity index (χ0v) is 9.89. The molecule has 0 heterocycles. The number of methoxy groups -OCH3 is 1. The van der Waals surface area contributed by atoms with Crippen LogP contribution < -0.4 is 5.73 Å². The molecule has 0 saturated heterocycles. The van der Waals surface area contributed by atoms with E-state index in [1.165, 1.54) is 7.11 Å². The van der Waals surface area contributed by atoms with Crippen LogP contribution >= 0.6 is 35.0 Å². The average Bonchev–Trinajstić information content (AvgIpc) is 2.03. The maximum atomic E-state index is 11.1. The molecule has 1 aromatic carbocycles. The Labute approximate surface area is 96.2 Å². The van der Waals surface area contributed by atoms with Crippen molar-refractivity contribution in [3.63, 3.8) is 0 Å². The van der Waals surface area contributed by atoms with Gasteiger partial charge in [0.05, 0.1) is 12.7 Å². The highest BCUT2D eigenvalue weighted by atomic mass is 127. The van der Waals surface area contributed by atoms with Crippen LogP contribution in [-0.4, -0.2) is 13.1 Å². The first-order chi connectivity index (χ1) is 5.66. The quantitative estimate of drug-likeness (QED) is 0.491. The normalized spacial score (nSPS) is 8.77. The lowest BCUT2D eigenvalue weighted by molar-refractivity contribution is 0.0601. The van der Waals surface area contributed by atoms with E-state index in [9.17, 15) is 4.79 Å². The number of hydrogen-bond acceptors (Lipinski definition) is 3. The van der Waals surface area contributed by atoms with Gasteiger partial charge in [-0.1, -0.05) is 6.07 Å². The van der Waals surface area contributed by atoms with Gasteiger partial charge in [-0.3, -0.25) is 0 Å². The van der Waals surface area contributed by atoms with Crippen molar-refractivity contribution in [2.45, 2.75) is 0 Å². The average molecular weight is 314 g/mol. The topological polar surface area (TPSA) is 52.3 Å². The summed E-state index contributed by atoms with van der Waals surface area (Å²) < 4.78 is 5.38. The van der Waals surface area contributed by atoms with Crippen LogP contribution in [0.4, 0.5) is 5.69 Å². The molecule has 0 radical (unpaired) electrons. The summed E-state index contributed by atoms with van der Waals surface area (Å²) in [6.45, 7) is 0. The summed E-state index contributed by atoms with van der Waals surface area (Å²) in [5.74, 6) is -0.391. The molecule has 2 N–H and O–H groups in total. The van der Waals surface area contributed by atoms with Crippen LogP contribution in [0.3, 0.4) is 0 Å². The van der Waals surface area contributed by atoms with Gasteiger partial charge in [0, 0.05) is 9.26 Å². The SMILES string of the molecule is COC(=O)c1c(N)cccc1I.Cl. The van der Waals surface area contributed by atoms with Crippen molar-refractivity contribution in [1.29, 1.82) is 0 Å². The van der Waals surface area contributed by atoms with E-state index in [0.29, 0.717) is 11.3 Å². The minimum Gasteiger partial charge on any atom is -0.465 e. The van der Waals surface area contributed by atoms with Crippen LogP contribution in [0.25, 0.3) is 0 Å². The molecular formula is C8H9ClINO2. The molecule has 1 rings (SSSR count). The molecule has 5 heteroatoms. The third-order valence-corrected chi connectivity index (χ3v) is 2.33. The second-order valence-electron chi connectivity index (χ2n) is 2.20. The zero-order valence-electron chi connectivity index (χ0n) is 6.91. The van der Waals surface area contributed by atoms with Gasteiger partial charge in [0.2, 0.25) is 0 Å². The molecule has 0 saturated carbocycles. The van der Waals surface area contributed by atoms with E-state index in [-0.39, 0.29) is 12.4 Å². The summed E-state index contributed by atoms with van der Waals surface area (Å²) in [5, 5.41) is 0. The van der Waals surface area contributed by atoms with Gasteiger partial charge >= 0.3 is 5.97 Å². The number of nitrogens with two attached hydrogens (primary N) is 1. The lowest BCUT2D eigenvalue weighted by Crippen LogP contribution is -2.07. The van der Waals surface area contributed by atoms with Crippen LogP contribution in [0.2, 0.25) is 0 Å². The summed E-state index contributed by atoms with van der Waals surface area (Å²) in [6.07, 6.45) is 0. The lowest BCUT2D eigenvalue weighted by atomic mass is 10.2. The first kappa shape index (κ1) is 12.5. The first-order valence-electron chi connectivity index (χ1n) is 3.29. The number of halogens is 2. The van der Waals surface area contributed by atoms with Gasteiger partial charge in [-0.2, -0.15) is 0 Å². The fourth-order valence-corrected chi connectivity index (χ4v) is 1.60. The Morgan fingerprint density at radius 3 is 2.62 bits per heavy atom. The number of anilines is 1. The van der Waals surface area contributed by atoms with E-state index in [4.69, 9.17) is 5.73 Å². The summed E-state index contributed by atoms with van der Waals surface area (Å²) in [7, 11) is 1.34. The summed E-state index contributed by atoms with van der Waals surface area (Å²) in [5.41, 5.74) is 6.49. The number of carbonyl (C=O) groups is 1. The molecule has 0 amide bonds. The fraction of sp³-hybridized carbons (Fsp3) is 0.125. The van der Waals surface area contributed by atoms with E-state index in [1.54, 1.807) is 12.1 Å². The summed E-state index contributed by atoms with van der Waals surface area (Å²) in [6, 6.07) is 5.28. The fourth-order valence-electron chi connectivity index (χ4n) is 0.858. The van der Waals surface area contributed by atoms with Gasteiger partial charge in [-0.05, 0) is 34.7 Å². The molecule has 0 spiro atoms. The predicted octanol–water partition coefficient (Wildman–Crippen LogP) is 2.08. The Balaban J connectivity index is 0.00000144. The molecule has 0 fully saturated rings. The van der Waals surface area contributed by atoms with E-state index in [1.807, 2.05) is 28.7 Å². The van der Waals surface area contributed by atoms with Crippen molar-refractivity contribution >= 4 is 46.7 Å². The number of carbonyl (C=O) groups excluding carboxylic acids is 1. The Bertz CT molecular complexity index is 297. The van der Waals surface area contributed by atoms with Crippen molar-refractivity contribution in [3.05, 3.63) is 27.3 Å². The molecule has 0 unspecified atom stereocenters. The van der Waals surface area contributed by atoms with Crippen LogP contribution in [0.1, 0.15) is 10.4 Å². The van der Waals surface area contributed by atoms with E-state index in [0.717, 1.165) is 3.57 Å². The van der Waals surface area contributed by atoms with Gasteiger partial charge in [0.25, 0.3) is 0 Å². The Morgan fingerprint density at radius 2 is 2.15 bits per heavy atom. The first-order valence-corrected chi connectivity index (χ1v) is 4.37.